The molecule has 0 aromatic rings. The molecule has 0 saturated heterocycles. The Morgan fingerprint density at radius 1 is 0.826 bits per heavy atom. The third-order valence-electron chi connectivity index (χ3n) is 3.91. The van der Waals surface area contributed by atoms with Crippen LogP contribution in [0.1, 0.15) is 66.2 Å². The second-order valence-electron chi connectivity index (χ2n) is 5.79. The van der Waals surface area contributed by atoms with Crippen LogP contribution in [-0.2, 0) is 10.1 Å². The molecule has 0 aliphatic rings. The quantitative estimate of drug-likeness (QED) is 0.287. The minimum Gasteiger partial charge on any atom is -0.741 e. The van der Waals surface area contributed by atoms with Crippen molar-refractivity contribution in [2.75, 3.05) is 24.6 Å². The van der Waals surface area contributed by atoms with E-state index in [1.165, 1.54) is 44.7 Å². The Morgan fingerprint density at radius 2 is 1.09 bits per heavy atom. The van der Waals surface area contributed by atoms with E-state index in [4.69, 9.17) is 13.0 Å². The highest BCUT2D eigenvalue weighted by Crippen LogP contribution is 2.60. The van der Waals surface area contributed by atoms with Gasteiger partial charge < -0.3 is 4.55 Å². The van der Waals surface area contributed by atoms with Crippen LogP contribution in [0.25, 0.3) is 0 Å². The molecule has 23 heavy (non-hydrogen) atoms. The normalized spacial score (nSPS) is 12.7. The molecule has 0 aliphatic carbocycles. The van der Waals surface area contributed by atoms with Crippen molar-refractivity contribution < 1.29 is 26.1 Å². The van der Waals surface area contributed by atoms with Gasteiger partial charge >= 0.3 is 5.51 Å². The monoisotopic (exact) mass is 380 g/mol. The first-order valence-corrected chi connectivity index (χ1v) is 12.3. The summed E-state index contributed by atoms with van der Waals surface area (Å²) >= 11 is 0. The van der Waals surface area contributed by atoms with E-state index in [2.05, 4.69) is 27.7 Å². The molecule has 0 N–H and O–H groups in total. The van der Waals surface area contributed by atoms with E-state index < -0.39 is 22.9 Å². The lowest BCUT2D eigenvalue weighted by atomic mass is 10.4. The number of hydrogen-bond donors (Lipinski definition) is 0. The molecule has 0 aromatic carbocycles. The molecule has 0 radical (unpaired) electrons. The fourth-order valence-corrected chi connectivity index (χ4v) is 6.87. The topological polar surface area (TPSA) is 57.2 Å². The van der Waals surface area contributed by atoms with E-state index >= 15 is 0 Å². The van der Waals surface area contributed by atoms with Crippen LogP contribution in [0, 0.1) is 0 Å². The Hall–Kier alpha value is 0.130. The molecule has 3 nitrogen and oxygen atoms in total. The zero-order valence-corrected chi connectivity index (χ0v) is 16.5. The van der Waals surface area contributed by atoms with Gasteiger partial charge in [-0.25, -0.2) is 8.42 Å². The lowest BCUT2D eigenvalue weighted by Crippen LogP contribution is -2.21. The number of hydrogen-bond acceptors (Lipinski definition) is 3. The molecule has 0 rings (SSSR count). The zero-order valence-electron chi connectivity index (χ0n) is 14.8. The second-order valence-corrected chi connectivity index (χ2v) is 11.8. The minimum absolute atomic E-state index is 0.527. The lowest BCUT2D eigenvalue weighted by molar-refractivity contribution is -0.0517. The van der Waals surface area contributed by atoms with E-state index in [0.29, 0.717) is 0 Å². The Morgan fingerprint density at radius 3 is 1.22 bits per heavy atom. The van der Waals surface area contributed by atoms with Crippen LogP contribution in [0.3, 0.4) is 0 Å². The fraction of sp³-hybridized carbons (Fsp3) is 1.00. The number of unbranched alkanes of at least 4 members (excludes halogenated alkanes) is 3. The van der Waals surface area contributed by atoms with Gasteiger partial charge in [-0.2, -0.15) is 13.2 Å². The molecule has 0 heterocycles. The van der Waals surface area contributed by atoms with Crippen molar-refractivity contribution in [2.45, 2.75) is 71.7 Å². The summed E-state index contributed by atoms with van der Waals surface area (Å²) in [6.07, 6.45) is 14.9. The molecule has 0 saturated carbocycles. The maximum atomic E-state index is 10.7. The van der Waals surface area contributed by atoms with Gasteiger partial charge in [0.15, 0.2) is 10.1 Å². The predicted octanol–water partition coefficient (Wildman–Crippen LogP) is 5.48. The minimum atomic E-state index is -6.09. The van der Waals surface area contributed by atoms with Crippen molar-refractivity contribution in [3.8, 4) is 0 Å². The fourth-order valence-electron chi connectivity index (χ4n) is 2.29. The van der Waals surface area contributed by atoms with Gasteiger partial charge in [0.2, 0.25) is 0 Å². The van der Waals surface area contributed by atoms with Gasteiger partial charge in [0.25, 0.3) is 0 Å². The first kappa shape index (κ1) is 25.4. The highest BCUT2D eigenvalue weighted by Gasteiger charge is 2.37. The summed E-state index contributed by atoms with van der Waals surface area (Å²) in [5.41, 5.74) is -5.65. The lowest BCUT2D eigenvalue weighted by Gasteiger charge is -2.26. The van der Waals surface area contributed by atoms with E-state index in [1.54, 1.807) is 18.5 Å². The summed E-state index contributed by atoms with van der Waals surface area (Å²) in [7, 11) is -6.62. The molecule has 142 valence electrons. The van der Waals surface area contributed by atoms with E-state index in [-0.39, 0.29) is 0 Å². The Balaban J connectivity index is 0. The van der Waals surface area contributed by atoms with Crippen LogP contribution in [0.15, 0.2) is 0 Å². The van der Waals surface area contributed by atoms with Gasteiger partial charge in [-0.1, -0.05) is 40.0 Å². The largest absolute Gasteiger partial charge is 0.741 e. The van der Waals surface area contributed by atoms with Crippen LogP contribution in [0.2, 0.25) is 0 Å². The molecule has 0 aliphatic heterocycles. The smallest absolute Gasteiger partial charge is 0.485 e. The number of rotatable bonds is 10. The van der Waals surface area contributed by atoms with Gasteiger partial charge in [0.1, 0.15) is 0 Å². The summed E-state index contributed by atoms with van der Waals surface area (Å²) < 4.78 is 58.9. The van der Waals surface area contributed by atoms with Crippen LogP contribution in [0.5, 0.6) is 0 Å². The number of alkyl halides is 3. The highest BCUT2D eigenvalue weighted by atomic mass is 32.2. The molecule has 0 aromatic heterocycles. The van der Waals surface area contributed by atoms with Crippen molar-refractivity contribution in [3.05, 3.63) is 0 Å². The van der Waals surface area contributed by atoms with Crippen LogP contribution in [0.4, 0.5) is 13.2 Å². The third kappa shape index (κ3) is 12.2. The molecule has 8 heteroatoms. The summed E-state index contributed by atoms with van der Waals surface area (Å²) in [6.45, 7) is 9.46. The first-order chi connectivity index (χ1) is 10.5. The summed E-state index contributed by atoms with van der Waals surface area (Å²) in [5, 5.41) is 0. The van der Waals surface area contributed by atoms with Crippen LogP contribution >= 0.6 is 7.26 Å². The first-order valence-electron chi connectivity index (χ1n) is 8.36. The molecular formula is C15H32F3O3PS. The average molecular weight is 380 g/mol. The SMILES string of the molecule is CCCC[P+](CC)(CCCC)CCCC.O=S(=O)([O-])C(F)(F)F. The van der Waals surface area contributed by atoms with Crippen molar-refractivity contribution >= 4 is 17.4 Å². The Labute approximate surface area is 140 Å². The summed E-state index contributed by atoms with van der Waals surface area (Å²) in [6, 6.07) is 0. The van der Waals surface area contributed by atoms with Crippen LogP contribution in [-0.4, -0.2) is 43.1 Å². The van der Waals surface area contributed by atoms with E-state index in [1.807, 2.05) is 0 Å². The second kappa shape index (κ2) is 12.5. The molecule has 0 amide bonds. The standard InChI is InChI=1S/C14H32P.CHF3O3S/c1-5-9-12-15(8-4,13-10-6-2)14-11-7-3;2-1(3,4)8(5,6)7/h5-14H2,1-4H3;(H,5,6,7)/q+1;/p-1. The maximum absolute atomic E-state index is 10.7. The Kier molecular flexibility index (Phi) is 13.8. The van der Waals surface area contributed by atoms with Gasteiger partial charge in [-0.15, -0.1) is 0 Å². The van der Waals surface area contributed by atoms with Crippen molar-refractivity contribution in [1.82, 2.24) is 0 Å². The molecule has 0 bridgehead atoms. The van der Waals surface area contributed by atoms with Crippen molar-refractivity contribution in [1.29, 1.82) is 0 Å². The Bertz CT molecular complexity index is 362. The predicted molar refractivity (Wildman–Crippen MR) is 92.5 cm³/mol. The molecule has 0 spiro atoms. The van der Waals surface area contributed by atoms with Crippen molar-refractivity contribution in [3.63, 3.8) is 0 Å². The van der Waals surface area contributed by atoms with Gasteiger partial charge in [0.05, 0.1) is 24.6 Å². The summed E-state index contributed by atoms with van der Waals surface area (Å²) in [5.74, 6) is 0. The van der Waals surface area contributed by atoms with Gasteiger partial charge in [0, 0.05) is 7.26 Å². The van der Waals surface area contributed by atoms with Crippen molar-refractivity contribution in [2.24, 2.45) is 0 Å². The molecule has 0 fully saturated rings. The highest BCUT2D eigenvalue weighted by molar-refractivity contribution is 7.86. The summed E-state index contributed by atoms with van der Waals surface area (Å²) in [4.78, 5) is 0. The van der Waals surface area contributed by atoms with Gasteiger partial charge in [-0.3, -0.25) is 0 Å². The van der Waals surface area contributed by atoms with E-state index in [0.717, 1.165) is 0 Å². The van der Waals surface area contributed by atoms with Gasteiger partial charge in [-0.05, 0) is 26.2 Å². The van der Waals surface area contributed by atoms with E-state index in [9.17, 15) is 13.2 Å². The number of halogens is 3. The molecule has 0 atom stereocenters. The zero-order chi connectivity index (χ0) is 18.6. The molecule has 0 unspecified atom stereocenters. The maximum Gasteiger partial charge on any atom is 0.485 e. The third-order valence-corrected chi connectivity index (χ3v) is 9.62. The molecular weight excluding hydrogens is 348 g/mol. The average Bonchev–Trinajstić information content (AvgIpc) is 2.46. The van der Waals surface area contributed by atoms with Crippen LogP contribution < -0.4 is 0 Å².